The summed E-state index contributed by atoms with van der Waals surface area (Å²) in [7, 11) is 0. The fourth-order valence-corrected chi connectivity index (χ4v) is 4.58. The van der Waals surface area contributed by atoms with Gasteiger partial charge in [0.1, 0.15) is 4.83 Å². The zero-order valence-electron chi connectivity index (χ0n) is 16.1. The standard InChI is InChI=1S/C21H17N5O3S2/c22-26-20(29)17-15(13-7-3-1-4-8-13)11-30-19(17)23-21(26)31-12-16(27)24-25-18(28)14-9-5-2-6-10-14/h1-11H,12,22H2,(H,24,27)(H,25,28). The third-order valence-electron chi connectivity index (χ3n) is 4.38. The van der Waals surface area contributed by atoms with Crippen molar-refractivity contribution in [1.82, 2.24) is 20.5 Å². The Labute approximate surface area is 185 Å². The molecule has 0 atom stereocenters. The maximum atomic E-state index is 12.9. The van der Waals surface area contributed by atoms with Crippen LogP contribution in [0, 0.1) is 0 Å². The van der Waals surface area contributed by atoms with E-state index in [-0.39, 0.29) is 16.5 Å². The van der Waals surface area contributed by atoms with Gasteiger partial charge in [0.25, 0.3) is 11.5 Å². The Morgan fingerprint density at radius 2 is 1.71 bits per heavy atom. The first kappa shape index (κ1) is 20.6. The lowest BCUT2D eigenvalue weighted by atomic mass is 10.1. The molecule has 10 heteroatoms. The number of nitrogen functional groups attached to an aromatic ring is 1. The number of rotatable bonds is 5. The Bertz CT molecular complexity index is 1300. The molecule has 8 nitrogen and oxygen atoms in total. The molecule has 0 aliphatic heterocycles. The second-order valence-corrected chi connectivity index (χ2v) is 8.22. The average molecular weight is 452 g/mol. The molecule has 0 aliphatic rings. The maximum absolute atomic E-state index is 12.9. The van der Waals surface area contributed by atoms with Crippen LogP contribution in [0.4, 0.5) is 0 Å². The van der Waals surface area contributed by atoms with Crippen LogP contribution in [0.2, 0.25) is 0 Å². The van der Waals surface area contributed by atoms with E-state index in [4.69, 9.17) is 5.84 Å². The largest absolute Gasteiger partial charge is 0.334 e. The lowest BCUT2D eigenvalue weighted by Crippen LogP contribution is -2.42. The van der Waals surface area contributed by atoms with Crippen molar-refractivity contribution in [2.45, 2.75) is 5.16 Å². The molecule has 2 heterocycles. The number of thioether (sulfide) groups is 1. The van der Waals surface area contributed by atoms with Crippen molar-refractivity contribution < 1.29 is 9.59 Å². The molecule has 0 radical (unpaired) electrons. The summed E-state index contributed by atoms with van der Waals surface area (Å²) in [5, 5.41) is 2.53. The Kier molecular flexibility index (Phi) is 6.01. The van der Waals surface area contributed by atoms with Gasteiger partial charge in [-0.1, -0.05) is 60.3 Å². The van der Waals surface area contributed by atoms with Gasteiger partial charge in [-0.15, -0.1) is 11.3 Å². The van der Waals surface area contributed by atoms with Crippen molar-refractivity contribution in [3.05, 3.63) is 82.0 Å². The highest BCUT2D eigenvalue weighted by Gasteiger charge is 2.17. The highest BCUT2D eigenvalue weighted by molar-refractivity contribution is 7.99. The van der Waals surface area contributed by atoms with Gasteiger partial charge in [-0.25, -0.2) is 9.66 Å². The van der Waals surface area contributed by atoms with Crippen LogP contribution < -0.4 is 22.3 Å². The van der Waals surface area contributed by atoms with E-state index in [1.807, 2.05) is 35.7 Å². The third kappa shape index (κ3) is 4.44. The smallest absolute Gasteiger partial charge is 0.282 e. The van der Waals surface area contributed by atoms with Gasteiger partial charge in [-0.3, -0.25) is 25.2 Å². The quantitative estimate of drug-likeness (QED) is 0.186. The molecule has 2 aromatic heterocycles. The normalized spacial score (nSPS) is 10.7. The molecule has 0 fully saturated rings. The first-order valence-corrected chi connectivity index (χ1v) is 11.0. The van der Waals surface area contributed by atoms with Gasteiger partial charge in [0, 0.05) is 16.5 Å². The number of benzene rings is 2. The molecule has 0 aliphatic carbocycles. The minimum Gasteiger partial charge on any atom is -0.334 e. The molecule has 156 valence electrons. The fraction of sp³-hybridized carbons (Fsp3) is 0.0476. The number of carbonyl (C=O) groups excluding carboxylic acids is 2. The number of amides is 2. The van der Waals surface area contributed by atoms with Crippen molar-refractivity contribution in [2.24, 2.45) is 0 Å². The van der Waals surface area contributed by atoms with E-state index in [0.717, 1.165) is 27.6 Å². The molecule has 2 aromatic carbocycles. The first-order valence-electron chi connectivity index (χ1n) is 9.16. The Morgan fingerprint density at radius 3 is 2.42 bits per heavy atom. The number of nitrogens with zero attached hydrogens (tertiary/aromatic N) is 2. The van der Waals surface area contributed by atoms with E-state index in [2.05, 4.69) is 15.8 Å². The second kappa shape index (κ2) is 9.02. The van der Waals surface area contributed by atoms with E-state index in [0.29, 0.717) is 15.8 Å². The van der Waals surface area contributed by atoms with E-state index in [1.165, 1.54) is 11.3 Å². The molecule has 0 bridgehead atoms. The van der Waals surface area contributed by atoms with Gasteiger partial charge in [0.05, 0.1) is 11.1 Å². The Balaban J connectivity index is 1.45. The summed E-state index contributed by atoms with van der Waals surface area (Å²) in [5.41, 5.74) is 6.39. The van der Waals surface area contributed by atoms with Gasteiger partial charge >= 0.3 is 0 Å². The van der Waals surface area contributed by atoms with Crippen LogP contribution in [-0.4, -0.2) is 27.2 Å². The van der Waals surface area contributed by atoms with Crippen LogP contribution in [0.15, 0.2) is 76.0 Å². The molecule has 4 N–H and O–H groups in total. The highest BCUT2D eigenvalue weighted by Crippen LogP contribution is 2.31. The minimum atomic E-state index is -0.459. The van der Waals surface area contributed by atoms with Crippen molar-refractivity contribution in [1.29, 1.82) is 0 Å². The van der Waals surface area contributed by atoms with Crippen molar-refractivity contribution in [3.63, 3.8) is 0 Å². The summed E-state index contributed by atoms with van der Waals surface area (Å²) in [6, 6.07) is 18.0. The van der Waals surface area contributed by atoms with E-state index >= 15 is 0 Å². The second-order valence-electron chi connectivity index (χ2n) is 6.42. The molecule has 0 saturated heterocycles. The van der Waals surface area contributed by atoms with Crippen molar-refractivity contribution in [2.75, 3.05) is 11.6 Å². The summed E-state index contributed by atoms with van der Waals surface area (Å²) in [6.07, 6.45) is 0. The van der Waals surface area contributed by atoms with Crippen molar-refractivity contribution in [3.8, 4) is 11.1 Å². The number of hydrogen-bond acceptors (Lipinski definition) is 7. The van der Waals surface area contributed by atoms with E-state index in [1.54, 1.807) is 30.3 Å². The number of nitrogens with two attached hydrogens (primary N) is 1. The molecule has 2 amide bonds. The van der Waals surface area contributed by atoms with Crippen LogP contribution in [0.1, 0.15) is 10.4 Å². The zero-order valence-corrected chi connectivity index (χ0v) is 17.7. The summed E-state index contributed by atoms with van der Waals surface area (Å²) < 4.78 is 0.946. The predicted molar refractivity (Wildman–Crippen MR) is 122 cm³/mol. The van der Waals surface area contributed by atoms with Gasteiger partial charge in [-0.05, 0) is 17.7 Å². The predicted octanol–water partition coefficient (Wildman–Crippen LogP) is 2.39. The first-order chi connectivity index (χ1) is 15.0. The van der Waals surface area contributed by atoms with Crippen LogP contribution in [0.5, 0.6) is 0 Å². The van der Waals surface area contributed by atoms with Gasteiger partial charge < -0.3 is 5.84 Å². The summed E-state index contributed by atoms with van der Waals surface area (Å²) in [6.45, 7) is 0. The zero-order chi connectivity index (χ0) is 21.8. The van der Waals surface area contributed by atoms with E-state index < -0.39 is 11.8 Å². The van der Waals surface area contributed by atoms with Crippen LogP contribution in [0.25, 0.3) is 21.3 Å². The molecular formula is C21H17N5O3S2. The summed E-state index contributed by atoms with van der Waals surface area (Å²) in [4.78, 5) is 41.9. The number of nitrogens with one attached hydrogen (secondary N) is 2. The summed E-state index contributed by atoms with van der Waals surface area (Å²) in [5.74, 6) is 4.99. The number of aromatic nitrogens is 2. The minimum absolute atomic E-state index is 0.0822. The molecule has 31 heavy (non-hydrogen) atoms. The highest BCUT2D eigenvalue weighted by atomic mass is 32.2. The number of hydrogen-bond donors (Lipinski definition) is 3. The third-order valence-corrected chi connectivity index (χ3v) is 6.20. The number of carbonyl (C=O) groups is 2. The lowest BCUT2D eigenvalue weighted by Gasteiger charge is -2.09. The van der Waals surface area contributed by atoms with Crippen LogP contribution in [-0.2, 0) is 4.79 Å². The number of hydrazine groups is 1. The number of thiophene rings is 1. The number of fused-ring (bicyclic) bond motifs is 1. The van der Waals surface area contributed by atoms with Gasteiger partial charge in [-0.2, -0.15) is 0 Å². The molecule has 0 unspecified atom stereocenters. The summed E-state index contributed by atoms with van der Waals surface area (Å²) >= 11 is 2.35. The molecule has 4 aromatic rings. The van der Waals surface area contributed by atoms with Crippen LogP contribution >= 0.6 is 23.1 Å². The Hall–Kier alpha value is -3.63. The van der Waals surface area contributed by atoms with E-state index in [9.17, 15) is 14.4 Å². The van der Waals surface area contributed by atoms with Crippen molar-refractivity contribution >= 4 is 45.1 Å². The van der Waals surface area contributed by atoms with Gasteiger partial charge in [0.15, 0.2) is 5.16 Å². The average Bonchev–Trinajstić information content (AvgIpc) is 3.24. The maximum Gasteiger partial charge on any atom is 0.282 e. The molecule has 0 saturated carbocycles. The lowest BCUT2D eigenvalue weighted by molar-refractivity contribution is -0.119. The monoisotopic (exact) mass is 451 g/mol. The fourth-order valence-electron chi connectivity index (χ4n) is 2.87. The Morgan fingerprint density at radius 1 is 1.03 bits per heavy atom. The molecule has 4 rings (SSSR count). The SMILES string of the molecule is Nn1c(SCC(=O)NNC(=O)c2ccccc2)nc2scc(-c3ccccc3)c2c1=O. The van der Waals surface area contributed by atoms with Gasteiger partial charge in [0.2, 0.25) is 5.91 Å². The molecular weight excluding hydrogens is 434 g/mol. The topological polar surface area (TPSA) is 119 Å². The van der Waals surface area contributed by atoms with Crippen LogP contribution in [0.3, 0.4) is 0 Å². The molecule has 0 spiro atoms.